The highest BCUT2D eigenvalue weighted by Gasteiger charge is 2.19. The molecule has 2 N–H and O–H groups in total. The van der Waals surface area contributed by atoms with E-state index in [1.54, 1.807) is 18.2 Å². The first kappa shape index (κ1) is 25.3. The van der Waals surface area contributed by atoms with Crippen LogP contribution in [0.5, 0.6) is 11.6 Å². The van der Waals surface area contributed by atoms with Gasteiger partial charge in [0.05, 0.1) is 11.3 Å². The van der Waals surface area contributed by atoms with Crippen molar-refractivity contribution in [1.29, 1.82) is 0 Å². The van der Waals surface area contributed by atoms with Crippen molar-refractivity contribution in [3.05, 3.63) is 76.5 Å². The standard InChI is InChI=1S/C23H21F6N3O2/c24-17(21(26)27)4-5-19-16(23(30)33)3-6-20(31-19)34-15-2-1-14-12-32(9-7-13(14)11-15)10-8-18(25)22(28)29/h1-3,6,11H,4-5,7-10,12H2,(H2,30,33). The zero-order valence-electron chi connectivity index (χ0n) is 17.9. The number of halogens is 6. The molecule has 0 aliphatic carbocycles. The number of carbonyl (C=O) groups excluding carboxylic acids is 1. The Hall–Kier alpha value is -3.34. The van der Waals surface area contributed by atoms with E-state index in [1.807, 2.05) is 4.90 Å². The Morgan fingerprint density at radius 3 is 2.35 bits per heavy atom. The smallest absolute Gasteiger partial charge is 0.301 e. The molecule has 0 saturated carbocycles. The Labute approximate surface area is 191 Å². The number of aromatic nitrogens is 1. The minimum Gasteiger partial charge on any atom is -0.439 e. The van der Waals surface area contributed by atoms with Crippen molar-refractivity contribution >= 4 is 5.91 Å². The summed E-state index contributed by atoms with van der Waals surface area (Å²) >= 11 is 0. The topological polar surface area (TPSA) is 68.5 Å². The largest absolute Gasteiger partial charge is 0.439 e. The van der Waals surface area contributed by atoms with Crippen molar-refractivity contribution in [3.63, 3.8) is 0 Å². The Balaban J connectivity index is 1.70. The number of benzene rings is 1. The molecule has 0 bridgehead atoms. The van der Waals surface area contributed by atoms with E-state index in [2.05, 4.69) is 4.98 Å². The van der Waals surface area contributed by atoms with Crippen molar-refractivity contribution in [2.75, 3.05) is 13.1 Å². The van der Waals surface area contributed by atoms with Crippen molar-refractivity contribution in [2.24, 2.45) is 5.73 Å². The Bertz CT molecular complexity index is 1130. The maximum Gasteiger partial charge on any atom is 0.301 e. The van der Waals surface area contributed by atoms with Gasteiger partial charge in [0.15, 0.2) is 11.7 Å². The number of nitrogens with two attached hydrogens (primary N) is 1. The third-order valence-electron chi connectivity index (χ3n) is 5.34. The molecule has 0 atom stereocenters. The van der Waals surface area contributed by atoms with Crippen LogP contribution in [0.25, 0.3) is 0 Å². The molecular weight excluding hydrogens is 464 g/mol. The van der Waals surface area contributed by atoms with Crippen LogP contribution in [0.4, 0.5) is 26.3 Å². The van der Waals surface area contributed by atoms with Gasteiger partial charge in [-0.15, -0.1) is 0 Å². The average molecular weight is 485 g/mol. The highest BCUT2D eigenvalue weighted by Crippen LogP contribution is 2.28. The highest BCUT2D eigenvalue weighted by molar-refractivity contribution is 5.93. The summed E-state index contributed by atoms with van der Waals surface area (Å²) in [6, 6.07) is 7.95. The number of primary amides is 1. The first-order valence-corrected chi connectivity index (χ1v) is 10.3. The second kappa shape index (κ2) is 11.2. The molecule has 0 fully saturated rings. The van der Waals surface area contributed by atoms with Gasteiger partial charge in [-0.3, -0.25) is 9.69 Å². The summed E-state index contributed by atoms with van der Waals surface area (Å²) in [5.74, 6) is -3.34. The molecule has 34 heavy (non-hydrogen) atoms. The Morgan fingerprint density at radius 2 is 1.68 bits per heavy atom. The molecule has 5 nitrogen and oxygen atoms in total. The van der Waals surface area contributed by atoms with Crippen LogP contribution in [0.15, 0.2) is 54.1 Å². The molecule has 11 heteroatoms. The van der Waals surface area contributed by atoms with Crippen LogP contribution >= 0.6 is 0 Å². The molecule has 1 aromatic heterocycles. The number of ether oxygens (including phenoxy) is 1. The molecule has 0 saturated heterocycles. The van der Waals surface area contributed by atoms with Crippen LogP contribution < -0.4 is 10.5 Å². The summed E-state index contributed by atoms with van der Waals surface area (Å²) < 4.78 is 81.2. The van der Waals surface area contributed by atoms with Gasteiger partial charge in [-0.2, -0.15) is 17.6 Å². The van der Waals surface area contributed by atoms with Crippen molar-refractivity contribution in [3.8, 4) is 11.6 Å². The molecule has 1 aromatic carbocycles. The fourth-order valence-corrected chi connectivity index (χ4v) is 3.59. The lowest BCUT2D eigenvalue weighted by molar-refractivity contribution is 0.0999. The number of hydrogen-bond acceptors (Lipinski definition) is 4. The summed E-state index contributed by atoms with van der Waals surface area (Å²) in [6.45, 7) is 1.19. The van der Waals surface area contributed by atoms with Gasteiger partial charge >= 0.3 is 12.2 Å². The zero-order valence-corrected chi connectivity index (χ0v) is 17.9. The molecule has 0 spiro atoms. The van der Waals surface area contributed by atoms with E-state index in [4.69, 9.17) is 10.5 Å². The number of aryl methyl sites for hydroxylation is 1. The number of pyridine rings is 1. The van der Waals surface area contributed by atoms with Gasteiger partial charge in [0, 0.05) is 38.5 Å². The van der Waals surface area contributed by atoms with Crippen LogP contribution in [0.1, 0.15) is 40.0 Å². The van der Waals surface area contributed by atoms with Crippen LogP contribution in [0, 0.1) is 0 Å². The summed E-state index contributed by atoms with van der Waals surface area (Å²) in [4.78, 5) is 17.6. The third kappa shape index (κ3) is 6.60. The van der Waals surface area contributed by atoms with Gasteiger partial charge in [-0.25, -0.2) is 13.8 Å². The van der Waals surface area contributed by atoms with Crippen LogP contribution in [-0.4, -0.2) is 28.9 Å². The van der Waals surface area contributed by atoms with Crippen LogP contribution in [0.2, 0.25) is 0 Å². The van der Waals surface area contributed by atoms with Gasteiger partial charge < -0.3 is 10.5 Å². The molecule has 3 rings (SSSR count). The Morgan fingerprint density at radius 1 is 0.971 bits per heavy atom. The molecule has 1 aliphatic heterocycles. The predicted molar refractivity (Wildman–Crippen MR) is 112 cm³/mol. The minimum atomic E-state index is -2.43. The normalized spacial score (nSPS) is 13.2. The number of rotatable bonds is 9. The lowest BCUT2D eigenvalue weighted by Crippen LogP contribution is -2.31. The Kier molecular flexibility index (Phi) is 8.32. The van der Waals surface area contributed by atoms with Crippen molar-refractivity contribution < 1.29 is 35.9 Å². The SMILES string of the molecule is NC(=O)c1ccc(Oc2ccc3c(c2)CCN(CCC(F)=C(F)F)C3)nc1CCC(F)=C(F)F. The molecule has 182 valence electrons. The number of fused-ring (bicyclic) bond motifs is 1. The van der Waals surface area contributed by atoms with Crippen LogP contribution in [-0.2, 0) is 19.4 Å². The molecule has 0 unspecified atom stereocenters. The number of hydrogen-bond donors (Lipinski definition) is 1. The fourth-order valence-electron chi connectivity index (χ4n) is 3.59. The van der Waals surface area contributed by atoms with Gasteiger partial charge in [-0.1, -0.05) is 6.07 Å². The summed E-state index contributed by atoms with van der Waals surface area (Å²) in [5.41, 5.74) is 7.19. The molecule has 1 aliphatic rings. The molecule has 0 radical (unpaired) electrons. The maximum absolute atomic E-state index is 13.2. The fraction of sp³-hybridized carbons (Fsp3) is 0.304. The van der Waals surface area contributed by atoms with Crippen molar-refractivity contribution in [2.45, 2.75) is 32.2 Å². The zero-order chi connectivity index (χ0) is 24.8. The minimum absolute atomic E-state index is 0.0242. The van der Waals surface area contributed by atoms with E-state index in [1.165, 1.54) is 12.1 Å². The monoisotopic (exact) mass is 485 g/mol. The molecular formula is C23H21F6N3O2. The predicted octanol–water partition coefficient (Wildman–Crippen LogP) is 5.81. The first-order chi connectivity index (χ1) is 16.1. The lowest BCUT2D eigenvalue weighted by atomic mass is 9.99. The second-order valence-electron chi connectivity index (χ2n) is 7.65. The number of amides is 1. The summed E-state index contributed by atoms with van der Waals surface area (Å²) in [7, 11) is 0. The third-order valence-corrected chi connectivity index (χ3v) is 5.34. The van der Waals surface area contributed by atoms with E-state index in [0.717, 1.165) is 11.1 Å². The van der Waals surface area contributed by atoms with E-state index in [9.17, 15) is 31.1 Å². The van der Waals surface area contributed by atoms with Crippen LogP contribution in [0.3, 0.4) is 0 Å². The summed E-state index contributed by atoms with van der Waals surface area (Å²) in [5, 5.41) is 0. The van der Waals surface area contributed by atoms with Gasteiger partial charge in [0.1, 0.15) is 5.75 Å². The number of nitrogens with zero attached hydrogens (tertiary/aromatic N) is 2. The molecule has 1 amide bonds. The highest BCUT2D eigenvalue weighted by atomic mass is 19.3. The van der Waals surface area contributed by atoms with E-state index in [-0.39, 0.29) is 36.5 Å². The average Bonchev–Trinajstić information content (AvgIpc) is 2.80. The number of carbonyl (C=O) groups is 1. The quantitative estimate of drug-likeness (QED) is 0.456. The first-order valence-electron chi connectivity index (χ1n) is 10.3. The van der Waals surface area contributed by atoms with Crippen molar-refractivity contribution in [1.82, 2.24) is 9.88 Å². The van der Waals surface area contributed by atoms with Gasteiger partial charge in [0.25, 0.3) is 5.91 Å². The maximum atomic E-state index is 13.2. The lowest BCUT2D eigenvalue weighted by Gasteiger charge is -2.28. The van der Waals surface area contributed by atoms with E-state index < -0.39 is 36.1 Å². The van der Waals surface area contributed by atoms with E-state index in [0.29, 0.717) is 25.3 Å². The van der Waals surface area contributed by atoms with Gasteiger partial charge in [-0.05, 0) is 42.2 Å². The summed E-state index contributed by atoms with van der Waals surface area (Å²) in [6.07, 6.45) is -5.42. The second-order valence-corrected chi connectivity index (χ2v) is 7.65. The molecule has 2 heterocycles. The van der Waals surface area contributed by atoms with Gasteiger partial charge in [0.2, 0.25) is 5.88 Å². The number of allylic oxidation sites excluding steroid dienone is 1. The van der Waals surface area contributed by atoms with E-state index >= 15 is 0 Å². The molecule has 2 aromatic rings.